The monoisotopic (exact) mass is 944 g/mol. The first kappa shape index (κ1) is 46.1. The van der Waals surface area contributed by atoms with Crippen LogP contribution in [0.3, 0.4) is 0 Å². The predicted octanol–water partition coefficient (Wildman–Crippen LogP) is 3.24. The van der Waals surface area contributed by atoms with Gasteiger partial charge in [0.1, 0.15) is 48.4 Å². The zero-order chi connectivity index (χ0) is 42.4. The lowest BCUT2D eigenvalue weighted by molar-refractivity contribution is -0.753. The van der Waals surface area contributed by atoms with E-state index in [-0.39, 0.29) is 55.1 Å². The lowest BCUT2D eigenvalue weighted by atomic mass is 9.82. The third-order valence-corrected chi connectivity index (χ3v) is 9.95. The molecule has 1 N–H and O–H groups in total. The number of halogens is 3. The van der Waals surface area contributed by atoms with E-state index in [0.29, 0.717) is 21.8 Å². The Balaban J connectivity index is 0.00000769. The fourth-order valence-corrected chi connectivity index (χ4v) is 6.67. The number of benzene rings is 2. The number of carbonyl (C=O) groups is 3. The van der Waals surface area contributed by atoms with Gasteiger partial charge in [-0.1, -0.05) is 25.1 Å². The van der Waals surface area contributed by atoms with Crippen molar-refractivity contribution in [1.82, 2.24) is 24.6 Å². The Morgan fingerprint density at radius 2 is 1.78 bits per heavy atom. The molecule has 3 atom stereocenters. The van der Waals surface area contributed by atoms with E-state index < -0.39 is 53.1 Å². The van der Waals surface area contributed by atoms with Crippen LogP contribution in [-0.2, 0) is 37.8 Å². The number of aliphatic hydroxyl groups is 1. The molecule has 0 spiro atoms. The van der Waals surface area contributed by atoms with E-state index in [9.17, 15) is 23.9 Å². The maximum atomic E-state index is 15.4. The largest absolute Gasteiger partial charge is 1.00 e. The van der Waals surface area contributed by atoms with Gasteiger partial charge in [0.25, 0.3) is 6.33 Å². The van der Waals surface area contributed by atoms with Crippen LogP contribution in [0.4, 0.5) is 24.2 Å². The zero-order valence-corrected chi connectivity index (χ0v) is 36.3. The summed E-state index contributed by atoms with van der Waals surface area (Å²) in [6.45, 7) is 7.36. The predicted molar refractivity (Wildman–Crippen MR) is 206 cm³/mol. The maximum Gasteiger partial charge on any atom is 0.418 e. The van der Waals surface area contributed by atoms with Gasteiger partial charge in [0.15, 0.2) is 0 Å². The summed E-state index contributed by atoms with van der Waals surface area (Å²) in [7, 11) is 2.83. The summed E-state index contributed by atoms with van der Waals surface area (Å²) < 4.78 is 49.0. The van der Waals surface area contributed by atoms with E-state index in [1.165, 1.54) is 53.5 Å². The highest BCUT2D eigenvalue weighted by molar-refractivity contribution is 7.10. The number of nitriles is 1. The number of carbonyl (C=O) groups excluding carboxylic acids is 3. The number of ether oxygens (including phenoxy) is 3. The van der Waals surface area contributed by atoms with Crippen molar-refractivity contribution in [2.24, 2.45) is 0 Å². The minimum atomic E-state index is -2.07. The average molecular weight is 945 g/mol. The molecule has 0 aliphatic carbocycles. The van der Waals surface area contributed by atoms with Crippen molar-refractivity contribution >= 4 is 35.3 Å². The van der Waals surface area contributed by atoms with Gasteiger partial charge in [0.2, 0.25) is 12.6 Å². The van der Waals surface area contributed by atoms with Crippen LogP contribution in [0, 0.1) is 23.0 Å². The van der Waals surface area contributed by atoms with E-state index in [1.54, 1.807) is 76.4 Å². The van der Waals surface area contributed by atoms with Crippen molar-refractivity contribution in [3.8, 4) is 17.3 Å². The molecule has 19 heteroatoms. The van der Waals surface area contributed by atoms with Crippen molar-refractivity contribution in [1.29, 1.82) is 5.26 Å². The maximum absolute atomic E-state index is 15.4. The molecule has 5 rings (SSSR count). The molecule has 2 amide bonds. The van der Waals surface area contributed by atoms with Crippen molar-refractivity contribution in [3.63, 3.8) is 0 Å². The molecule has 15 nitrogen and oxygen atoms in total. The Kier molecular flexibility index (Phi) is 15.2. The Labute approximate surface area is 360 Å². The van der Waals surface area contributed by atoms with Crippen LogP contribution < -0.4 is 33.4 Å². The van der Waals surface area contributed by atoms with E-state index in [2.05, 4.69) is 16.2 Å². The summed E-state index contributed by atoms with van der Waals surface area (Å²) in [6.07, 6.45) is 1.77. The summed E-state index contributed by atoms with van der Waals surface area (Å²) in [5.74, 6) is -3.02. The Bertz CT molecular complexity index is 2310. The van der Waals surface area contributed by atoms with Gasteiger partial charge >= 0.3 is 18.2 Å². The standard InChI is InChI=1S/C40H43F2N8O7S.HI/c1-25(36-46-33(21-58-36)28-12-10-27(18-43)11-13-28)40(54,31-17-30(41)14-15-32(31)42)22-50-24-49(23-45-50)26(2)56-38(53)48(7)35-29(9-8-16-44-35)20-55-34(51)19-47(6)37(52)57-39(3,4)5;/h8-17,21,23-26,54H,19-20,22H2,1-7H3;1H/q+1;/p-1/t25-,26?,40+;/m0./s1. The van der Waals surface area contributed by atoms with Crippen molar-refractivity contribution in [2.75, 3.05) is 25.5 Å². The van der Waals surface area contributed by atoms with E-state index in [1.807, 2.05) is 0 Å². The normalized spacial score (nSPS) is 13.2. The molecule has 0 aliphatic rings. The summed E-state index contributed by atoms with van der Waals surface area (Å²) in [6, 6.07) is 14.9. The van der Waals surface area contributed by atoms with Gasteiger partial charge < -0.3 is 48.2 Å². The second-order valence-corrected chi connectivity index (χ2v) is 15.3. The van der Waals surface area contributed by atoms with Crippen LogP contribution in [0.15, 0.2) is 78.8 Å². The van der Waals surface area contributed by atoms with Gasteiger partial charge in [-0.25, -0.2) is 28.3 Å². The number of thiazole rings is 1. The number of likely N-dealkylation sites (N-methyl/N-ethyl adjacent to an activating group) is 1. The Morgan fingerprint density at radius 3 is 2.46 bits per heavy atom. The number of aromatic nitrogens is 5. The van der Waals surface area contributed by atoms with Crippen LogP contribution in [-0.4, -0.2) is 74.2 Å². The number of pyridine rings is 1. The molecular formula is C40H43F2IN8O7S. The third kappa shape index (κ3) is 11.5. The number of rotatable bonds is 13. The fraction of sp³-hybridized carbons (Fsp3) is 0.350. The topological polar surface area (TPSA) is 177 Å². The van der Waals surface area contributed by atoms with Crippen LogP contribution in [0.2, 0.25) is 0 Å². The first-order chi connectivity index (χ1) is 27.4. The van der Waals surface area contributed by atoms with E-state index in [0.717, 1.165) is 33.6 Å². The van der Waals surface area contributed by atoms with Crippen molar-refractivity contribution in [3.05, 3.63) is 112 Å². The molecule has 5 aromatic rings. The molecule has 0 saturated carbocycles. The number of hydrogen-bond acceptors (Lipinski definition) is 12. The fourth-order valence-electron chi connectivity index (χ4n) is 5.70. The quantitative estimate of drug-likeness (QED) is 0.0794. The number of hydrogen-bond donors (Lipinski definition) is 1. The van der Waals surface area contributed by atoms with Crippen molar-refractivity contribution in [2.45, 2.75) is 71.1 Å². The van der Waals surface area contributed by atoms with Crippen LogP contribution in [0.5, 0.6) is 0 Å². The first-order valence-corrected chi connectivity index (χ1v) is 18.8. The summed E-state index contributed by atoms with van der Waals surface area (Å²) in [5.41, 5.74) is -0.932. The van der Waals surface area contributed by atoms with Gasteiger partial charge in [0.05, 0.1) is 22.3 Å². The molecule has 2 aromatic carbocycles. The molecule has 0 fully saturated rings. The lowest BCUT2D eigenvalue weighted by Gasteiger charge is -2.32. The molecular weight excluding hydrogens is 901 g/mol. The van der Waals surface area contributed by atoms with Gasteiger partial charge in [-0.05, 0) is 57.2 Å². The molecule has 0 radical (unpaired) electrons. The van der Waals surface area contributed by atoms with Gasteiger partial charge in [0, 0.05) is 60.3 Å². The first-order valence-electron chi connectivity index (χ1n) is 17.9. The van der Waals surface area contributed by atoms with Crippen molar-refractivity contribution < 1.29 is 71.0 Å². The average Bonchev–Trinajstić information content (AvgIpc) is 3.87. The number of anilines is 1. The van der Waals surface area contributed by atoms with Gasteiger partial charge in [-0.15, -0.1) is 16.0 Å². The van der Waals surface area contributed by atoms with Crippen LogP contribution in [0.1, 0.15) is 68.5 Å². The molecule has 0 aliphatic heterocycles. The Hall–Kier alpha value is -5.59. The highest BCUT2D eigenvalue weighted by atomic mass is 127. The molecule has 0 bridgehead atoms. The van der Waals surface area contributed by atoms with E-state index in [4.69, 9.17) is 24.5 Å². The number of esters is 1. The minimum Gasteiger partial charge on any atom is -1.00 e. The summed E-state index contributed by atoms with van der Waals surface area (Å²) >= 11 is 1.23. The second-order valence-electron chi connectivity index (χ2n) is 14.4. The molecule has 3 aromatic heterocycles. The summed E-state index contributed by atoms with van der Waals surface area (Å²) in [5, 5.41) is 28.0. The zero-order valence-electron chi connectivity index (χ0n) is 33.3. The SMILES string of the molecule is CC(OC(=O)N(C)c1ncccc1COC(=O)CN(C)C(=O)OC(C)(C)C)[n+]1cnn(C[C@](O)(c2cc(F)ccc2F)[C@@H](C)c2nc(-c3ccc(C#N)cc3)cs2)c1.[I-]. The van der Waals surface area contributed by atoms with Gasteiger partial charge in [-0.2, -0.15) is 9.83 Å². The summed E-state index contributed by atoms with van der Waals surface area (Å²) in [4.78, 5) is 49.3. The highest BCUT2D eigenvalue weighted by Crippen LogP contribution is 2.41. The minimum absolute atomic E-state index is 0. The molecule has 1 unspecified atom stereocenters. The number of amides is 2. The second kappa shape index (κ2) is 19.4. The van der Waals surface area contributed by atoms with E-state index >= 15 is 4.39 Å². The van der Waals surface area contributed by atoms with Crippen LogP contribution >= 0.6 is 11.3 Å². The Morgan fingerprint density at radius 1 is 1.07 bits per heavy atom. The lowest BCUT2D eigenvalue weighted by Crippen LogP contribution is -3.00. The molecule has 59 heavy (non-hydrogen) atoms. The third-order valence-electron chi connectivity index (χ3n) is 8.93. The molecule has 3 heterocycles. The highest BCUT2D eigenvalue weighted by Gasteiger charge is 2.43. The smallest absolute Gasteiger partial charge is 0.418 e. The molecule has 312 valence electrons. The number of nitrogens with zero attached hydrogens (tertiary/aromatic N) is 8. The molecule has 0 saturated heterocycles. The van der Waals surface area contributed by atoms with Crippen LogP contribution in [0.25, 0.3) is 11.3 Å². The van der Waals surface area contributed by atoms with Gasteiger partial charge in [-0.3, -0.25) is 9.69 Å².